The van der Waals surface area contributed by atoms with Gasteiger partial charge in [0.05, 0.1) is 12.8 Å². The highest BCUT2D eigenvalue weighted by Crippen LogP contribution is 2.15. The number of nitrogens with one attached hydrogen (secondary N) is 1. The third-order valence-electron chi connectivity index (χ3n) is 4.61. The zero-order valence-electron chi connectivity index (χ0n) is 17.7. The van der Waals surface area contributed by atoms with Gasteiger partial charge in [-0.2, -0.15) is 0 Å². The van der Waals surface area contributed by atoms with Crippen LogP contribution in [0.3, 0.4) is 0 Å². The van der Waals surface area contributed by atoms with E-state index < -0.39 is 0 Å². The highest BCUT2D eigenvalue weighted by atomic mass is 16.5. The Morgan fingerprint density at radius 1 is 1.00 bits per heavy atom. The number of benzene rings is 2. The molecule has 0 aliphatic rings. The average Bonchev–Trinajstić information content (AvgIpc) is 2.79. The van der Waals surface area contributed by atoms with Crippen molar-refractivity contribution in [3.63, 3.8) is 0 Å². The fourth-order valence-electron chi connectivity index (χ4n) is 3.03. The van der Waals surface area contributed by atoms with E-state index in [1.807, 2.05) is 55.6 Å². The maximum atomic E-state index is 5.87. The molecule has 6 heteroatoms. The Labute approximate surface area is 178 Å². The normalized spacial score (nSPS) is 11.1. The number of pyridine rings is 1. The maximum absolute atomic E-state index is 5.87. The number of aromatic nitrogens is 1. The summed E-state index contributed by atoms with van der Waals surface area (Å²) in [5.41, 5.74) is 3.21. The molecule has 1 heterocycles. The minimum atomic E-state index is 0.448. The van der Waals surface area contributed by atoms with Crippen LogP contribution in [0.2, 0.25) is 0 Å². The first-order chi connectivity index (χ1) is 14.7. The van der Waals surface area contributed by atoms with E-state index in [1.54, 1.807) is 20.4 Å². The summed E-state index contributed by atoms with van der Waals surface area (Å²) in [5.74, 6) is 2.50. The molecule has 2 aromatic carbocycles. The van der Waals surface area contributed by atoms with Gasteiger partial charge in [0.2, 0.25) is 0 Å². The molecule has 0 atom stereocenters. The molecule has 30 heavy (non-hydrogen) atoms. The highest BCUT2D eigenvalue weighted by Gasteiger charge is 2.07. The van der Waals surface area contributed by atoms with Gasteiger partial charge >= 0.3 is 0 Å². The molecular weight excluding hydrogens is 376 g/mol. The lowest BCUT2D eigenvalue weighted by Crippen LogP contribution is -2.38. The minimum Gasteiger partial charge on any atom is -0.497 e. The topological polar surface area (TPSA) is 59.0 Å². The standard InChI is InChI=1S/C24H28N4O2/c1-25-24(28(2)17-19-10-12-22(29-3)13-11-19)27-16-20-7-6-9-23(15-20)30-18-21-8-4-5-14-26-21/h4-15H,16-18H2,1-3H3,(H,25,27). The van der Waals surface area contributed by atoms with E-state index in [0.717, 1.165) is 35.3 Å². The van der Waals surface area contributed by atoms with Gasteiger partial charge in [-0.05, 0) is 47.5 Å². The van der Waals surface area contributed by atoms with Crippen LogP contribution in [0.15, 0.2) is 77.9 Å². The van der Waals surface area contributed by atoms with Gasteiger partial charge in [-0.15, -0.1) is 0 Å². The number of rotatable bonds is 8. The Morgan fingerprint density at radius 2 is 1.83 bits per heavy atom. The van der Waals surface area contributed by atoms with E-state index in [9.17, 15) is 0 Å². The van der Waals surface area contributed by atoms with Gasteiger partial charge in [-0.1, -0.05) is 30.3 Å². The van der Waals surface area contributed by atoms with Gasteiger partial charge in [-0.3, -0.25) is 9.98 Å². The Bertz CT molecular complexity index is 943. The van der Waals surface area contributed by atoms with Crippen molar-refractivity contribution in [2.45, 2.75) is 19.7 Å². The predicted octanol–water partition coefficient (Wildman–Crippen LogP) is 3.88. The van der Waals surface area contributed by atoms with Gasteiger partial charge in [0.1, 0.15) is 18.1 Å². The van der Waals surface area contributed by atoms with Gasteiger partial charge in [0, 0.05) is 33.4 Å². The Balaban J connectivity index is 1.53. The van der Waals surface area contributed by atoms with Gasteiger partial charge in [-0.25, -0.2) is 0 Å². The summed E-state index contributed by atoms with van der Waals surface area (Å²) in [6.07, 6.45) is 1.77. The number of guanidine groups is 1. The summed E-state index contributed by atoms with van der Waals surface area (Å²) in [7, 11) is 5.48. The lowest BCUT2D eigenvalue weighted by molar-refractivity contribution is 0.301. The molecule has 0 unspecified atom stereocenters. The van der Waals surface area contributed by atoms with E-state index in [1.165, 1.54) is 5.56 Å². The fourth-order valence-corrected chi connectivity index (χ4v) is 3.03. The first-order valence-electron chi connectivity index (χ1n) is 9.84. The first-order valence-corrected chi connectivity index (χ1v) is 9.84. The molecule has 1 aromatic heterocycles. The molecule has 0 bridgehead atoms. The molecular formula is C24H28N4O2. The molecule has 0 saturated carbocycles. The maximum Gasteiger partial charge on any atom is 0.193 e. The number of nitrogens with zero attached hydrogens (tertiary/aromatic N) is 3. The number of hydrogen-bond donors (Lipinski definition) is 1. The summed E-state index contributed by atoms with van der Waals surface area (Å²) in [5, 5.41) is 3.41. The van der Waals surface area contributed by atoms with Gasteiger partial charge < -0.3 is 19.7 Å². The molecule has 0 radical (unpaired) electrons. The molecule has 6 nitrogen and oxygen atoms in total. The third-order valence-corrected chi connectivity index (χ3v) is 4.61. The minimum absolute atomic E-state index is 0.448. The van der Waals surface area contributed by atoms with Gasteiger partial charge in [0.15, 0.2) is 5.96 Å². The Morgan fingerprint density at radius 3 is 2.53 bits per heavy atom. The van der Waals surface area contributed by atoms with Crippen molar-refractivity contribution in [1.29, 1.82) is 0 Å². The Hall–Kier alpha value is -3.54. The fraction of sp³-hybridized carbons (Fsp3) is 0.250. The molecule has 1 N–H and O–H groups in total. The van der Waals surface area contributed by atoms with E-state index in [2.05, 4.69) is 38.4 Å². The second-order valence-electron chi connectivity index (χ2n) is 6.86. The van der Waals surface area contributed by atoms with Crippen molar-refractivity contribution in [1.82, 2.24) is 15.2 Å². The molecule has 0 saturated heterocycles. The van der Waals surface area contributed by atoms with Crippen LogP contribution in [-0.2, 0) is 19.7 Å². The van der Waals surface area contributed by atoms with Gasteiger partial charge in [0.25, 0.3) is 0 Å². The van der Waals surface area contributed by atoms with Crippen molar-refractivity contribution in [3.8, 4) is 11.5 Å². The lowest BCUT2D eigenvalue weighted by Gasteiger charge is -2.22. The quantitative estimate of drug-likeness (QED) is 0.456. The lowest BCUT2D eigenvalue weighted by atomic mass is 10.2. The smallest absolute Gasteiger partial charge is 0.193 e. The summed E-state index contributed by atoms with van der Waals surface area (Å²) in [6.45, 7) is 1.85. The van der Waals surface area contributed by atoms with Crippen molar-refractivity contribution >= 4 is 5.96 Å². The number of hydrogen-bond acceptors (Lipinski definition) is 4. The zero-order chi connectivity index (χ0) is 21.2. The third kappa shape index (κ3) is 6.24. The molecule has 156 valence electrons. The summed E-state index contributed by atoms with van der Waals surface area (Å²) in [6, 6.07) is 21.9. The average molecular weight is 405 g/mol. The van der Waals surface area contributed by atoms with Crippen LogP contribution in [0.25, 0.3) is 0 Å². The molecule has 0 spiro atoms. The molecule has 0 aliphatic carbocycles. The molecule has 0 amide bonds. The van der Waals surface area contributed by atoms with Crippen molar-refractivity contribution in [2.24, 2.45) is 4.99 Å². The largest absolute Gasteiger partial charge is 0.497 e. The molecule has 3 rings (SSSR count). The van der Waals surface area contributed by atoms with Crippen LogP contribution < -0.4 is 14.8 Å². The second kappa shape index (κ2) is 10.9. The van der Waals surface area contributed by atoms with Crippen LogP contribution >= 0.6 is 0 Å². The molecule has 0 aliphatic heterocycles. The monoisotopic (exact) mass is 404 g/mol. The van der Waals surface area contributed by atoms with Crippen molar-refractivity contribution in [2.75, 3.05) is 21.2 Å². The summed E-state index contributed by atoms with van der Waals surface area (Å²) < 4.78 is 11.1. The predicted molar refractivity (Wildman–Crippen MR) is 120 cm³/mol. The van der Waals surface area contributed by atoms with Crippen LogP contribution in [0, 0.1) is 0 Å². The number of ether oxygens (including phenoxy) is 2. The van der Waals surface area contributed by atoms with E-state index in [-0.39, 0.29) is 0 Å². The summed E-state index contributed by atoms with van der Waals surface area (Å²) >= 11 is 0. The van der Waals surface area contributed by atoms with Crippen LogP contribution in [0.4, 0.5) is 0 Å². The van der Waals surface area contributed by atoms with Crippen molar-refractivity contribution in [3.05, 3.63) is 89.7 Å². The van der Waals surface area contributed by atoms with Crippen LogP contribution in [0.5, 0.6) is 11.5 Å². The van der Waals surface area contributed by atoms with E-state index >= 15 is 0 Å². The highest BCUT2D eigenvalue weighted by molar-refractivity contribution is 5.79. The SMILES string of the molecule is CN=C(NCc1cccc(OCc2ccccn2)c1)N(C)Cc1ccc(OC)cc1. The van der Waals surface area contributed by atoms with Crippen molar-refractivity contribution < 1.29 is 9.47 Å². The van der Waals surface area contributed by atoms with E-state index in [0.29, 0.717) is 13.2 Å². The first kappa shape index (κ1) is 21.2. The Kier molecular flexibility index (Phi) is 7.66. The molecule has 3 aromatic rings. The number of aliphatic imine (C=N–C) groups is 1. The molecule has 0 fully saturated rings. The second-order valence-corrected chi connectivity index (χ2v) is 6.86. The number of methoxy groups -OCH3 is 1. The van der Waals surface area contributed by atoms with Crippen LogP contribution in [-0.4, -0.2) is 37.0 Å². The van der Waals surface area contributed by atoms with E-state index in [4.69, 9.17) is 9.47 Å². The zero-order valence-corrected chi connectivity index (χ0v) is 17.7. The summed E-state index contributed by atoms with van der Waals surface area (Å²) in [4.78, 5) is 10.8. The van der Waals surface area contributed by atoms with Crippen LogP contribution in [0.1, 0.15) is 16.8 Å².